The standard InChI is InChI=1S/C17H29NO2S/c1-13(2)10-16(11-14(3)4)18-12-15-6-8-17(9-7-15)21(5,19)20/h6-9,13-14,16,18H,10-12H2,1-5H3. The van der Waals surface area contributed by atoms with Crippen LogP contribution in [0.3, 0.4) is 0 Å². The third-order valence-corrected chi connectivity index (χ3v) is 4.59. The number of hydrogen-bond acceptors (Lipinski definition) is 3. The molecule has 0 bridgehead atoms. The van der Waals surface area contributed by atoms with Gasteiger partial charge in [-0.15, -0.1) is 0 Å². The van der Waals surface area contributed by atoms with Crippen LogP contribution >= 0.6 is 0 Å². The maximum absolute atomic E-state index is 11.4. The van der Waals surface area contributed by atoms with E-state index >= 15 is 0 Å². The molecule has 4 heteroatoms. The summed E-state index contributed by atoms with van der Waals surface area (Å²) in [5.74, 6) is 1.35. The molecule has 0 saturated heterocycles. The molecule has 1 aromatic carbocycles. The first-order chi connectivity index (χ1) is 9.68. The van der Waals surface area contributed by atoms with Crippen LogP contribution < -0.4 is 5.32 Å². The van der Waals surface area contributed by atoms with Crippen LogP contribution in [0, 0.1) is 11.8 Å². The van der Waals surface area contributed by atoms with Gasteiger partial charge in [0.1, 0.15) is 0 Å². The minimum absolute atomic E-state index is 0.382. The molecule has 0 aliphatic carbocycles. The van der Waals surface area contributed by atoms with Crippen LogP contribution in [0.5, 0.6) is 0 Å². The van der Waals surface area contributed by atoms with Crippen molar-refractivity contribution in [2.75, 3.05) is 6.26 Å². The van der Waals surface area contributed by atoms with Crippen molar-refractivity contribution in [1.82, 2.24) is 5.32 Å². The molecule has 0 aliphatic heterocycles. The van der Waals surface area contributed by atoms with Crippen LogP contribution in [0.25, 0.3) is 0 Å². The number of sulfone groups is 1. The topological polar surface area (TPSA) is 46.2 Å². The highest BCUT2D eigenvalue weighted by molar-refractivity contribution is 7.90. The number of nitrogens with one attached hydrogen (secondary N) is 1. The Balaban J connectivity index is 2.63. The van der Waals surface area contributed by atoms with E-state index in [0.29, 0.717) is 22.8 Å². The molecular weight excluding hydrogens is 282 g/mol. The van der Waals surface area contributed by atoms with Gasteiger partial charge in [0.2, 0.25) is 0 Å². The van der Waals surface area contributed by atoms with Gasteiger partial charge >= 0.3 is 0 Å². The van der Waals surface area contributed by atoms with E-state index in [4.69, 9.17) is 0 Å². The summed E-state index contributed by atoms with van der Waals surface area (Å²) in [6.45, 7) is 9.77. The molecule has 0 spiro atoms. The lowest BCUT2D eigenvalue weighted by atomic mass is 9.95. The summed E-state index contributed by atoms with van der Waals surface area (Å²) in [6.07, 6.45) is 3.57. The van der Waals surface area contributed by atoms with Crippen molar-refractivity contribution in [1.29, 1.82) is 0 Å². The molecule has 0 fully saturated rings. The fourth-order valence-electron chi connectivity index (χ4n) is 2.52. The highest BCUT2D eigenvalue weighted by Crippen LogP contribution is 2.15. The predicted octanol–water partition coefficient (Wildman–Crippen LogP) is 3.64. The Morgan fingerprint density at radius 2 is 1.43 bits per heavy atom. The summed E-state index contributed by atoms with van der Waals surface area (Å²) in [4.78, 5) is 0.382. The van der Waals surface area contributed by atoms with E-state index in [2.05, 4.69) is 33.0 Å². The van der Waals surface area contributed by atoms with Gasteiger partial charge in [-0.1, -0.05) is 39.8 Å². The van der Waals surface area contributed by atoms with E-state index in [1.54, 1.807) is 12.1 Å². The first-order valence-corrected chi connectivity index (χ1v) is 9.60. The first-order valence-electron chi connectivity index (χ1n) is 7.71. The zero-order chi connectivity index (χ0) is 16.0. The normalized spacial score (nSPS) is 12.6. The molecule has 1 aromatic rings. The molecule has 1 N–H and O–H groups in total. The SMILES string of the molecule is CC(C)CC(CC(C)C)NCc1ccc(S(C)(=O)=O)cc1. The smallest absolute Gasteiger partial charge is 0.175 e. The van der Waals surface area contributed by atoms with Crippen molar-refractivity contribution in [3.63, 3.8) is 0 Å². The Hall–Kier alpha value is -0.870. The Labute approximate surface area is 130 Å². The molecule has 0 heterocycles. The molecule has 0 aromatic heterocycles. The molecular formula is C17H29NO2S. The Bertz CT molecular complexity index is 508. The number of rotatable bonds is 8. The highest BCUT2D eigenvalue weighted by atomic mass is 32.2. The quantitative estimate of drug-likeness (QED) is 0.797. The summed E-state index contributed by atoms with van der Waals surface area (Å²) >= 11 is 0. The highest BCUT2D eigenvalue weighted by Gasteiger charge is 2.12. The van der Waals surface area contributed by atoms with Gasteiger partial charge in [0, 0.05) is 18.8 Å². The van der Waals surface area contributed by atoms with Crippen molar-refractivity contribution >= 4 is 9.84 Å². The molecule has 120 valence electrons. The molecule has 0 aliphatic rings. The third-order valence-electron chi connectivity index (χ3n) is 3.46. The van der Waals surface area contributed by atoms with Crippen molar-refractivity contribution < 1.29 is 8.42 Å². The number of benzene rings is 1. The second-order valence-electron chi connectivity index (χ2n) is 6.75. The van der Waals surface area contributed by atoms with E-state index in [0.717, 1.165) is 12.1 Å². The van der Waals surface area contributed by atoms with E-state index in [9.17, 15) is 8.42 Å². The van der Waals surface area contributed by atoms with Gasteiger partial charge in [0.25, 0.3) is 0 Å². The Morgan fingerprint density at radius 3 is 1.81 bits per heavy atom. The van der Waals surface area contributed by atoms with Crippen LogP contribution in [-0.4, -0.2) is 20.7 Å². The molecule has 0 radical (unpaired) electrons. The average molecular weight is 311 g/mol. The second-order valence-corrected chi connectivity index (χ2v) is 8.77. The van der Waals surface area contributed by atoms with Crippen LogP contribution in [0.1, 0.15) is 46.1 Å². The molecule has 0 unspecified atom stereocenters. The predicted molar refractivity (Wildman–Crippen MR) is 89.1 cm³/mol. The maximum Gasteiger partial charge on any atom is 0.175 e. The average Bonchev–Trinajstić information content (AvgIpc) is 2.34. The fraction of sp³-hybridized carbons (Fsp3) is 0.647. The summed E-state index contributed by atoms with van der Waals surface area (Å²) in [5.41, 5.74) is 1.12. The van der Waals surface area contributed by atoms with Crippen LogP contribution in [0.2, 0.25) is 0 Å². The van der Waals surface area contributed by atoms with Crippen LogP contribution in [0.15, 0.2) is 29.2 Å². The number of hydrogen-bond donors (Lipinski definition) is 1. The van der Waals surface area contributed by atoms with Gasteiger partial charge in [-0.25, -0.2) is 8.42 Å². The van der Waals surface area contributed by atoms with Crippen molar-refractivity contribution in [2.45, 2.75) is 58.0 Å². The van der Waals surface area contributed by atoms with Gasteiger partial charge in [0.05, 0.1) is 4.90 Å². The van der Waals surface area contributed by atoms with E-state index in [1.807, 2.05) is 12.1 Å². The molecule has 0 amide bonds. The lowest BCUT2D eigenvalue weighted by molar-refractivity contribution is 0.358. The maximum atomic E-state index is 11.4. The van der Waals surface area contributed by atoms with Crippen molar-refractivity contribution in [3.8, 4) is 0 Å². The van der Waals surface area contributed by atoms with Crippen LogP contribution in [0.4, 0.5) is 0 Å². The van der Waals surface area contributed by atoms with Gasteiger partial charge in [-0.3, -0.25) is 0 Å². The largest absolute Gasteiger partial charge is 0.310 e. The minimum Gasteiger partial charge on any atom is -0.310 e. The van der Waals surface area contributed by atoms with Gasteiger partial charge < -0.3 is 5.32 Å². The molecule has 3 nitrogen and oxygen atoms in total. The summed E-state index contributed by atoms with van der Waals surface area (Å²) in [7, 11) is -3.10. The fourth-order valence-corrected chi connectivity index (χ4v) is 3.15. The lowest BCUT2D eigenvalue weighted by Crippen LogP contribution is -2.31. The summed E-state index contributed by atoms with van der Waals surface area (Å²) < 4.78 is 22.9. The molecule has 1 rings (SSSR count). The zero-order valence-corrected chi connectivity index (χ0v) is 14.7. The van der Waals surface area contributed by atoms with Crippen molar-refractivity contribution in [3.05, 3.63) is 29.8 Å². The molecule has 21 heavy (non-hydrogen) atoms. The lowest BCUT2D eigenvalue weighted by Gasteiger charge is -2.22. The van der Waals surface area contributed by atoms with E-state index in [1.165, 1.54) is 19.1 Å². The molecule has 0 saturated carbocycles. The van der Waals surface area contributed by atoms with E-state index in [-0.39, 0.29) is 0 Å². The Morgan fingerprint density at radius 1 is 0.952 bits per heavy atom. The zero-order valence-electron chi connectivity index (χ0n) is 13.9. The first kappa shape index (κ1) is 18.2. The van der Waals surface area contributed by atoms with Crippen molar-refractivity contribution in [2.24, 2.45) is 11.8 Å². The monoisotopic (exact) mass is 311 g/mol. The third kappa shape index (κ3) is 7.09. The second kappa shape index (κ2) is 7.95. The van der Waals surface area contributed by atoms with Crippen LogP contribution in [-0.2, 0) is 16.4 Å². The summed E-state index contributed by atoms with van der Waals surface area (Å²) in [5, 5.41) is 3.61. The Kier molecular flexibility index (Phi) is 6.88. The van der Waals surface area contributed by atoms with Gasteiger partial charge in [0.15, 0.2) is 9.84 Å². The summed E-state index contributed by atoms with van der Waals surface area (Å²) in [6, 6.07) is 7.68. The minimum atomic E-state index is -3.10. The molecule has 0 atom stereocenters. The van der Waals surface area contributed by atoms with Gasteiger partial charge in [-0.05, 0) is 42.4 Å². The van der Waals surface area contributed by atoms with Gasteiger partial charge in [-0.2, -0.15) is 0 Å². The van der Waals surface area contributed by atoms with E-state index < -0.39 is 9.84 Å².